The SMILES string of the molecule is CC(C)n1nc(C2CCN(C(=O)c3ccc4c(c3)CC(=O)CO4)CC2)c2ccc(F)cc21. The van der Waals surface area contributed by atoms with Gasteiger partial charge in [0.15, 0.2) is 5.78 Å². The van der Waals surface area contributed by atoms with Crippen molar-refractivity contribution >= 4 is 22.6 Å². The lowest BCUT2D eigenvalue weighted by molar-refractivity contribution is -0.121. The van der Waals surface area contributed by atoms with Crippen LogP contribution in [-0.4, -0.2) is 46.1 Å². The number of fused-ring (bicyclic) bond motifs is 2. The van der Waals surface area contributed by atoms with Crippen molar-refractivity contribution in [3.8, 4) is 5.75 Å². The van der Waals surface area contributed by atoms with Crippen LogP contribution < -0.4 is 4.74 Å². The molecule has 2 aliphatic heterocycles. The number of ether oxygens (including phenoxy) is 1. The number of carbonyl (C=O) groups excluding carboxylic acids is 2. The molecule has 0 bridgehead atoms. The van der Waals surface area contributed by atoms with Crippen molar-refractivity contribution in [2.24, 2.45) is 0 Å². The Morgan fingerprint density at radius 1 is 1.16 bits per heavy atom. The van der Waals surface area contributed by atoms with E-state index in [9.17, 15) is 14.0 Å². The predicted octanol–water partition coefficient (Wildman–Crippen LogP) is 4.28. The van der Waals surface area contributed by atoms with E-state index in [4.69, 9.17) is 9.84 Å². The highest BCUT2D eigenvalue weighted by molar-refractivity contribution is 5.95. The van der Waals surface area contributed by atoms with E-state index in [1.165, 1.54) is 6.07 Å². The Kier molecular flexibility index (Phi) is 5.19. The summed E-state index contributed by atoms with van der Waals surface area (Å²) in [6.07, 6.45) is 1.92. The van der Waals surface area contributed by atoms with E-state index in [2.05, 4.69) is 0 Å². The monoisotopic (exact) mass is 435 g/mol. The van der Waals surface area contributed by atoms with Gasteiger partial charge in [0.2, 0.25) is 0 Å². The summed E-state index contributed by atoms with van der Waals surface area (Å²) in [5.74, 6) is 0.647. The van der Waals surface area contributed by atoms with Crippen LogP contribution in [0.2, 0.25) is 0 Å². The van der Waals surface area contributed by atoms with Gasteiger partial charge in [-0.2, -0.15) is 5.10 Å². The fourth-order valence-electron chi connectivity index (χ4n) is 4.78. The number of nitrogens with zero attached hydrogens (tertiary/aromatic N) is 3. The molecular weight excluding hydrogens is 409 g/mol. The van der Waals surface area contributed by atoms with Crippen molar-refractivity contribution in [3.63, 3.8) is 0 Å². The first kappa shape index (κ1) is 20.7. The number of halogens is 1. The Labute approximate surface area is 186 Å². The molecular formula is C25H26FN3O3. The van der Waals surface area contributed by atoms with Crippen molar-refractivity contribution in [3.05, 3.63) is 59.0 Å². The minimum atomic E-state index is -0.261. The van der Waals surface area contributed by atoms with Gasteiger partial charge in [-0.15, -0.1) is 0 Å². The lowest BCUT2D eigenvalue weighted by Crippen LogP contribution is -2.38. The number of ketones is 1. The molecule has 7 heteroatoms. The van der Waals surface area contributed by atoms with Gasteiger partial charge in [0.1, 0.15) is 18.2 Å². The highest BCUT2D eigenvalue weighted by atomic mass is 19.1. The van der Waals surface area contributed by atoms with Gasteiger partial charge in [-0.1, -0.05) is 0 Å². The van der Waals surface area contributed by atoms with E-state index >= 15 is 0 Å². The summed E-state index contributed by atoms with van der Waals surface area (Å²) in [6, 6.07) is 10.3. The van der Waals surface area contributed by atoms with Crippen LogP contribution in [0.1, 0.15) is 60.3 Å². The third-order valence-electron chi connectivity index (χ3n) is 6.44. The molecule has 2 aliphatic rings. The molecule has 3 aromatic rings. The van der Waals surface area contributed by atoms with E-state index in [1.54, 1.807) is 24.3 Å². The highest BCUT2D eigenvalue weighted by Crippen LogP contribution is 2.34. The minimum Gasteiger partial charge on any atom is -0.486 e. The van der Waals surface area contributed by atoms with Crippen LogP contribution in [-0.2, 0) is 11.2 Å². The third kappa shape index (κ3) is 3.66. The maximum atomic E-state index is 13.8. The highest BCUT2D eigenvalue weighted by Gasteiger charge is 2.29. The van der Waals surface area contributed by atoms with Crippen molar-refractivity contribution in [2.45, 2.75) is 45.1 Å². The van der Waals surface area contributed by atoms with Gasteiger partial charge < -0.3 is 9.64 Å². The zero-order chi connectivity index (χ0) is 22.4. The number of hydrogen-bond acceptors (Lipinski definition) is 4. The second-order valence-electron chi connectivity index (χ2n) is 8.98. The summed E-state index contributed by atoms with van der Waals surface area (Å²) in [7, 11) is 0. The van der Waals surface area contributed by atoms with Crippen LogP contribution in [0.15, 0.2) is 36.4 Å². The Bertz CT molecular complexity index is 1210. The summed E-state index contributed by atoms with van der Waals surface area (Å²) in [4.78, 5) is 26.6. The van der Waals surface area contributed by atoms with E-state index in [-0.39, 0.29) is 36.1 Å². The number of aromatic nitrogens is 2. The lowest BCUT2D eigenvalue weighted by Gasteiger charge is -2.31. The Morgan fingerprint density at radius 2 is 1.94 bits per heavy atom. The number of piperidine rings is 1. The first-order valence-corrected chi connectivity index (χ1v) is 11.1. The molecule has 1 fully saturated rings. The molecule has 0 atom stereocenters. The summed E-state index contributed by atoms with van der Waals surface area (Å²) in [5.41, 5.74) is 3.18. The molecule has 0 spiro atoms. The molecule has 5 rings (SSSR count). The molecule has 2 aromatic carbocycles. The molecule has 0 aliphatic carbocycles. The summed E-state index contributed by atoms with van der Waals surface area (Å²) >= 11 is 0. The van der Waals surface area contributed by atoms with Crippen molar-refractivity contribution in [2.75, 3.05) is 19.7 Å². The molecule has 1 amide bonds. The number of amides is 1. The average molecular weight is 435 g/mol. The minimum absolute atomic E-state index is 0.0239. The normalized spacial score (nSPS) is 17.0. The first-order chi connectivity index (χ1) is 15.4. The topological polar surface area (TPSA) is 64.4 Å². The van der Waals surface area contributed by atoms with Gasteiger partial charge in [-0.3, -0.25) is 14.3 Å². The Hall–Kier alpha value is -3.22. The van der Waals surface area contributed by atoms with Gasteiger partial charge >= 0.3 is 0 Å². The summed E-state index contributed by atoms with van der Waals surface area (Å²) in [5, 5.41) is 5.83. The molecule has 0 N–H and O–H groups in total. The number of benzene rings is 2. The number of carbonyl (C=O) groups is 2. The van der Waals surface area contributed by atoms with Gasteiger partial charge in [0.25, 0.3) is 5.91 Å². The zero-order valence-corrected chi connectivity index (χ0v) is 18.3. The molecule has 1 saturated heterocycles. The number of Topliss-reactive ketones (excluding diaryl/α,β-unsaturated/α-hetero) is 1. The van der Waals surface area contributed by atoms with Crippen molar-refractivity contribution in [1.29, 1.82) is 0 Å². The van der Waals surface area contributed by atoms with Crippen LogP contribution in [0.25, 0.3) is 10.9 Å². The molecule has 6 nitrogen and oxygen atoms in total. The van der Waals surface area contributed by atoms with Crippen LogP contribution >= 0.6 is 0 Å². The zero-order valence-electron chi connectivity index (χ0n) is 18.3. The predicted molar refractivity (Wildman–Crippen MR) is 119 cm³/mol. The standard InChI is InChI=1S/C25H26FN3O3/c1-15(2)29-22-13-19(26)4-5-21(22)24(27-29)16-7-9-28(10-8-16)25(31)17-3-6-23-18(11-17)12-20(30)14-32-23/h3-6,11,13,15-16H,7-10,12,14H2,1-2H3. The van der Waals surface area contributed by atoms with Gasteiger partial charge in [0.05, 0.1) is 11.2 Å². The fraction of sp³-hybridized carbons (Fsp3) is 0.400. The van der Waals surface area contributed by atoms with Crippen LogP contribution in [0.5, 0.6) is 5.75 Å². The summed E-state index contributed by atoms with van der Waals surface area (Å²) in [6.45, 7) is 5.45. The second kappa shape index (κ2) is 8.04. The van der Waals surface area contributed by atoms with E-state index < -0.39 is 0 Å². The van der Waals surface area contributed by atoms with E-state index in [1.807, 2.05) is 29.5 Å². The maximum Gasteiger partial charge on any atom is 0.253 e. The largest absolute Gasteiger partial charge is 0.486 e. The van der Waals surface area contributed by atoms with Gasteiger partial charge in [-0.05, 0) is 63.1 Å². The van der Waals surface area contributed by atoms with Crippen LogP contribution in [0.4, 0.5) is 4.39 Å². The quantitative estimate of drug-likeness (QED) is 0.616. The number of hydrogen-bond donors (Lipinski definition) is 0. The number of likely N-dealkylation sites (tertiary alicyclic amines) is 1. The van der Waals surface area contributed by atoms with Crippen LogP contribution in [0, 0.1) is 5.82 Å². The van der Waals surface area contributed by atoms with E-state index in [0.29, 0.717) is 30.8 Å². The smallest absolute Gasteiger partial charge is 0.253 e. The second-order valence-corrected chi connectivity index (χ2v) is 8.98. The molecule has 3 heterocycles. The Morgan fingerprint density at radius 3 is 2.69 bits per heavy atom. The average Bonchev–Trinajstić information content (AvgIpc) is 3.17. The molecule has 32 heavy (non-hydrogen) atoms. The number of rotatable bonds is 3. The molecule has 0 unspecified atom stereocenters. The third-order valence-corrected chi connectivity index (χ3v) is 6.44. The maximum absolute atomic E-state index is 13.8. The fourth-order valence-corrected chi connectivity index (χ4v) is 4.78. The van der Waals surface area contributed by atoms with Gasteiger partial charge in [0, 0.05) is 48.0 Å². The molecule has 0 radical (unpaired) electrons. The van der Waals surface area contributed by atoms with Crippen LogP contribution in [0.3, 0.4) is 0 Å². The van der Waals surface area contributed by atoms with E-state index in [0.717, 1.165) is 35.0 Å². The van der Waals surface area contributed by atoms with Gasteiger partial charge in [-0.25, -0.2) is 4.39 Å². The van der Waals surface area contributed by atoms with Crippen molar-refractivity contribution in [1.82, 2.24) is 14.7 Å². The summed E-state index contributed by atoms with van der Waals surface area (Å²) < 4.78 is 21.2. The molecule has 166 valence electrons. The molecule has 1 aromatic heterocycles. The van der Waals surface area contributed by atoms with Crippen molar-refractivity contribution < 1.29 is 18.7 Å². The Balaban J connectivity index is 1.33. The molecule has 0 saturated carbocycles. The first-order valence-electron chi connectivity index (χ1n) is 11.1. The lowest BCUT2D eigenvalue weighted by atomic mass is 9.91.